The molecule has 0 radical (unpaired) electrons. The summed E-state index contributed by atoms with van der Waals surface area (Å²) in [6, 6.07) is 0. The molecule has 4 N–H and O–H groups in total. The minimum Gasteiger partial charge on any atom is -0.303 e. The Morgan fingerprint density at radius 1 is 1.40 bits per heavy atom. The summed E-state index contributed by atoms with van der Waals surface area (Å²) in [6.07, 6.45) is 0. The van der Waals surface area contributed by atoms with E-state index in [1.165, 1.54) is 0 Å². The first-order valence-corrected chi connectivity index (χ1v) is 3.44. The number of rotatable bonds is 0. The van der Waals surface area contributed by atoms with Crippen LogP contribution in [0.25, 0.3) is 0 Å². The van der Waals surface area contributed by atoms with Gasteiger partial charge < -0.3 is 19.6 Å². The van der Waals surface area contributed by atoms with Gasteiger partial charge >= 0.3 is 13.8 Å². The fourth-order valence-corrected chi connectivity index (χ4v) is 0. The van der Waals surface area contributed by atoms with E-state index in [0.717, 1.165) is 6.92 Å². The zero-order chi connectivity index (χ0) is 8.78. The molecular weight excluding hydrogens is 167 g/mol. The highest BCUT2D eigenvalue weighted by Crippen LogP contribution is 2.25. The summed E-state index contributed by atoms with van der Waals surface area (Å²) in [5.74, 6) is -0.690. The number of phosphoric acid groups is 1. The molecular formula is C2H7O7P. The Labute approximate surface area is 56.0 Å². The molecule has 0 amide bonds. The Bertz CT molecular complexity index is 126. The van der Waals surface area contributed by atoms with Crippen molar-refractivity contribution in [2.45, 2.75) is 6.92 Å². The first kappa shape index (κ1) is 12.2. The Hall–Kier alpha value is -0.460. The van der Waals surface area contributed by atoms with Crippen LogP contribution >= 0.6 is 7.82 Å². The topological polar surface area (TPSA) is 124 Å². The van der Waals surface area contributed by atoms with Crippen LogP contribution in [0, 0.1) is 0 Å². The fourth-order valence-electron chi connectivity index (χ4n) is 0. The predicted octanol–water partition coefficient (Wildman–Crippen LogP) is -0.906. The Balaban J connectivity index is 0. The van der Waals surface area contributed by atoms with Crippen molar-refractivity contribution >= 4 is 13.8 Å². The lowest BCUT2D eigenvalue weighted by Crippen LogP contribution is -1.89. The van der Waals surface area contributed by atoms with Gasteiger partial charge in [0.25, 0.3) is 0 Å². The van der Waals surface area contributed by atoms with Crippen molar-refractivity contribution < 1.29 is 34.2 Å². The van der Waals surface area contributed by atoms with Crippen LogP contribution in [0.2, 0.25) is 0 Å². The van der Waals surface area contributed by atoms with Gasteiger partial charge in [0.2, 0.25) is 0 Å². The third kappa shape index (κ3) is 136. The maximum absolute atomic E-state index is 9.34. The van der Waals surface area contributed by atoms with Gasteiger partial charge in [-0.15, -0.1) is 0 Å². The second kappa shape index (κ2) is 5.33. The van der Waals surface area contributed by atoms with Crippen molar-refractivity contribution in [2.24, 2.45) is 0 Å². The molecule has 0 heterocycles. The maximum Gasteiger partial charge on any atom is 0.466 e. The van der Waals surface area contributed by atoms with Crippen molar-refractivity contribution in [3.8, 4) is 0 Å². The Morgan fingerprint density at radius 3 is 1.50 bits per heavy atom. The largest absolute Gasteiger partial charge is 0.466 e. The van der Waals surface area contributed by atoms with Gasteiger partial charge in [-0.3, -0.25) is 0 Å². The minimum absolute atomic E-state index is 0.690. The van der Waals surface area contributed by atoms with Crippen LogP contribution in [-0.2, 0) is 14.2 Å². The summed E-state index contributed by atoms with van der Waals surface area (Å²) in [6.45, 7) is 1.11. The summed E-state index contributed by atoms with van der Waals surface area (Å²) >= 11 is 0. The van der Waals surface area contributed by atoms with E-state index in [1.807, 2.05) is 0 Å². The number of hydrogen-bond donors (Lipinski definition) is 4. The molecule has 0 bridgehead atoms. The maximum atomic E-state index is 9.34. The van der Waals surface area contributed by atoms with Gasteiger partial charge in [-0.25, -0.2) is 9.36 Å². The van der Waals surface area contributed by atoms with Gasteiger partial charge in [-0.05, 0) is 0 Å². The summed E-state index contributed by atoms with van der Waals surface area (Å²) in [5.41, 5.74) is 0. The Kier molecular flexibility index (Phi) is 6.53. The highest BCUT2D eigenvalue weighted by molar-refractivity contribution is 7.45. The van der Waals surface area contributed by atoms with E-state index in [1.54, 1.807) is 0 Å². The first-order chi connectivity index (χ1) is 4.27. The van der Waals surface area contributed by atoms with E-state index in [2.05, 4.69) is 4.89 Å². The van der Waals surface area contributed by atoms with Crippen LogP contribution in [0.15, 0.2) is 0 Å². The molecule has 7 nitrogen and oxygen atoms in total. The minimum atomic E-state index is -4.64. The van der Waals surface area contributed by atoms with Gasteiger partial charge in [-0.1, -0.05) is 0 Å². The van der Waals surface area contributed by atoms with Crippen LogP contribution in [0.1, 0.15) is 6.92 Å². The van der Waals surface area contributed by atoms with E-state index < -0.39 is 13.8 Å². The predicted molar refractivity (Wildman–Crippen MR) is 28.7 cm³/mol. The lowest BCUT2D eigenvalue weighted by Gasteiger charge is -1.82. The quantitative estimate of drug-likeness (QED) is 0.213. The normalized spacial score (nSPS) is 9.30. The molecule has 0 saturated heterocycles. The first-order valence-electron chi connectivity index (χ1n) is 1.87. The van der Waals surface area contributed by atoms with E-state index in [-0.39, 0.29) is 0 Å². The van der Waals surface area contributed by atoms with Gasteiger partial charge in [-0.2, -0.15) is 5.26 Å². The second-order valence-electron chi connectivity index (χ2n) is 1.10. The Morgan fingerprint density at radius 2 is 1.50 bits per heavy atom. The van der Waals surface area contributed by atoms with Crippen LogP contribution < -0.4 is 0 Å². The number of carbonyl (C=O) groups excluding carboxylic acids is 1. The van der Waals surface area contributed by atoms with Gasteiger partial charge in [0.05, 0.1) is 0 Å². The highest BCUT2D eigenvalue weighted by atomic mass is 31.2. The molecule has 0 aliphatic heterocycles. The summed E-state index contributed by atoms with van der Waals surface area (Å²) in [5, 5.41) is 7.29. The third-order valence-electron chi connectivity index (χ3n) is 0.129. The molecule has 0 aromatic heterocycles. The smallest absolute Gasteiger partial charge is 0.303 e. The van der Waals surface area contributed by atoms with Crippen molar-refractivity contribution in [1.29, 1.82) is 0 Å². The average Bonchev–Trinajstić information content (AvgIpc) is 1.61. The standard InChI is InChI=1S/C2H4O3.H3O4P/c1-2(3)5-4;1-5(2,3)4/h4H,1H3;(H3,1,2,3,4). The molecule has 0 rings (SSSR count). The molecule has 8 heteroatoms. The molecule has 0 spiro atoms. The number of hydrogen-bond acceptors (Lipinski definition) is 4. The lowest BCUT2D eigenvalue weighted by molar-refractivity contribution is -0.231. The molecule has 0 aliphatic carbocycles. The van der Waals surface area contributed by atoms with Crippen LogP contribution in [0.4, 0.5) is 0 Å². The van der Waals surface area contributed by atoms with Gasteiger partial charge in [0.15, 0.2) is 0 Å². The van der Waals surface area contributed by atoms with Crippen LogP contribution in [0.5, 0.6) is 0 Å². The van der Waals surface area contributed by atoms with Crippen molar-refractivity contribution in [3.05, 3.63) is 0 Å². The number of carbonyl (C=O) groups is 1. The zero-order valence-electron chi connectivity index (χ0n) is 4.96. The van der Waals surface area contributed by atoms with Crippen molar-refractivity contribution in [3.63, 3.8) is 0 Å². The van der Waals surface area contributed by atoms with Crippen molar-refractivity contribution in [2.75, 3.05) is 0 Å². The molecule has 10 heavy (non-hydrogen) atoms. The summed E-state index contributed by atoms with van der Waals surface area (Å²) < 4.78 is 8.88. The van der Waals surface area contributed by atoms with Crippen molar-refractivity contribution in [1.82, 2.24) is 0 Å². The molecule has 0 aromatic rings. The molecule has 62 valence electrons. The van der Waals surface area contributed by atoms with E-state index >= 15 is 0 Å². The summed E-state index contributed by atoms with van der Waals surface area (Å²) in [4.78, 5) is 34.0. The van der Waals surface area contributed by atoms with E-state index in [0.29, 0.717) is 0 Å². The molecule has 0 aromatic carbocycles. The molecule has 0 atom stereocenters. The van der Waals surface area contributed by atoms with E-state index in [9.17, 15) is 4.79 Å². The van der Waals surface area contributed by atoms with Crippen LogP contribution in [-0.4, -0.2) is 25.9 Å². The molecule has 0 fully saturated rings. The second-order valence-corrected chi connectivity index (χ2v) is 2.12. The third-order valence-corrected chi connectivity index (χ3v) is 0.129. The lowest BCUT2D eigenvalue weighted by atomic mass is 10.9. The molecule has 0 unspecified atom stereocenters. The molecule has 0 saturated carbocycles. The fraction of sp³-hybridized carbons (Fsp3) is 0.500. The van der Waals surface area contributed by atoms with Gasteiger partial charge in [0.1, 0.15) is 0 Å². The zero-order valence-corrected chi connectivity index (χ0v) is 5.86. The monoisotopic (exact) mass is 174 g/mol. The van der Waals surface area contributed by atoms with E-state index in [4.69, 9.17) is 24.5 Å². The SMILES string of the molecule is CC(=O)OO.O=P(O)(O)O. The highest BCUT2D eigenvalue weighted by Gasteiger charge is 2.00. The molecule has 0 aliphatic rings. The van der Waals surface area contributed by atoms with Gasteiger partial charge in [0, 0.05) is 6.92 Å². The van der Waals surface area contributed by atoms with Crippen LogP contribution in [0.3, 0.4) is 0 Å². The average molecular weight is 174 g/mol. The summed E-state index contributed by atoms with van der Waals surface area (Å²) in [7, 11) is -4.64.